The molecule has 0 radical (unpaired) electrons. The van der Waals surface area contributed by atoms with Crippen LogP contribution in [0.15, 0.2) is 47.6 Å². The maximum atomic E-state index is 13.4. The van der Waals surface area contributed by atoms with E-state index < -0.39 is 11.6 Å². The van der Waals surface area contributed by atoms with E-state index in [2.05, 4.69) is 10.5 Å². The molecule has 0 aromatic heterocycles. The highest BCUT2D eigenvalue weighted by Gasteiger charge is 2.10. The lowest BCUT2D eigenvalue weighted by atomic mass is 10.2. The molecule has 0 amide bonds. The first-order valence-electron chi connectivity index (χ1n) is 5.16. The average molecular weight is 267 g/mol. The number of hydrogen-bond donors (Lipinski definition) is 1. The molecule has 0 saturated carbocycles. The van der Waals surface area contributed by atoms with Crippen LogP contribution in [0.3, 0.4) is 0 Å². The third-order valence-electron chi connectivity index (χ3n) is 2.24. The van der Waals surface area contributed by atoms with Crippen molar-refractivity contribution in [2.75, 3.05) is 5.43 Å². The highest BCUT2D eigenvalue weighted by molar-refractivity contribution is 6.30. The van der Waals surface area contributed by atoms with Gasteiger partial charge in [0.15, 0.2) is 11.6 Å². The van der Waals surface area contributed by atoms with Crippen LogP contribution in [0.5, 0.6) is 0 Å². The normalized spacial score (nSPS) is 10.8. The van der Waals surface area contributed by atoms with Gasteiger partial charge in [-0.1, -0.05) is 29.8 Å². The van der Waals surface area contributed by atoms with Crippen LogP contribution in [0, 0.1) is 11.6 Å². The Labute approximate surface area is 108 Å². The van der Waals surface area contributed by atoms with Crippen molar-refractivity contribution in [3.05, 3.63) is 64.7 Å². The number of rotatable bonds is 3. The zero-order chi connectivity index (χ0) is 13.0. The molecule has 92 valence electrons. The van der Waals surface area contributed by atoms with E-state index in [0.717, 1.165) is 5.69 Å². The molecule has 2 aromatic carbocycles. The van der Waals surface area contributed by atoms with Gasteiger partial charge in [0.2, 0.25) is 0 Å². The first kappa shape index (κ1) is 12.5. The molecule has 2 aromatic rings. The molecule has 0 bridgehead atoms. The molecule has 0 heterocycles. The van der Waals surface area contributed by atoms with Gasteiger partial charge in [0.1, 0.15) is 0 Å². The summed E-state index contributed by atoms with van der Waals surface area (Å²) in [6.45, 7) is 0. The van der Waals surface area contributed by atoms with Crippen molar-refractivity contribution in [2.45, 2.75) is 0 Å². The topological polar surface area (TPSA) is 24.4 Å². The van der Waals surface area contributed by atoms with Gasteiger partial charge in [0.05, 0.1) is 16.9 Å². The molecule has 0 aliphatic rings. The zero-order valence-corrected chi connectivity index (χ0v) is 9.96. The quantitative estimate of drug-likeness (QED) is 0.506. The fraction of sp³-hybridized carbons (Fsp3) is 0. The minimum Gasteiger partial charge on any atom is -0.279 e. The molecule has 0 saturated heterocycles. The maximum absolute atomic E-state index is 13.4. The number of halogens is 3. The molecular weight excluding hydrogens is 258 g/mol. The Morgan fingerprint density at radius 3 is 2.44 bits per heavy atom. The summed E-state index contributed by atoms with van der Waals surface area (Å²) in [5.74, 6) is -2.08. The van der Waals surface area contributed by atoms with Crippen molar-refractivity contribution in [3.63, 3.8) is 0 Å². The Hall–Kier alpha value is -1.94. The van der Waals surface area contributed by atoms with Gasteiger partial charge in [0, 0.05) is 5.56 Å². The molecule has 18 heavy (non-hydrogen) atoms. The maximum Gasteiger partial charge on any atom is 0.178 e. The van der Waals surface area contributed by atoms with Gasteiger partial charge < -0.3 is 0 Å². The van der Waals surface area contributed by atoms with E-state index >= 15 is 0 Å². The van der Waals surface area contributed by atoms with Crippen LogP contribution in [0.1, 0.15) is 5.56 Å². The summed E-state index contributed by atoms with van der Waals surface area (Å²) in [7, 11) is 0. The zero-order valence-electron chi connectivity index (χ0n) is 9.20. The fourth-order valence-corrected chi connectivity index (χ4v) is 1.48. The lowest BCUT2D eigenvalue weighted by molar-refractivity contribution is 0.508. The average Bonchev–Trinajstić information content (AvgIpc) is 2.40. The Balaban J connectivity index is 2.13. The third kappa shape index (κ3) is 2.84. The summed E-state index contributed by atoms with van der Waals surface area (Å²) in [6.07, 6.45) is 1.20. The molecule has 0 fully saturated rings. The van der Waals surface area contributed by atoms with Gasteiger partial charge >= 0.3 is 0 Å². The number of para-hydroxylation sites is 1. The van der Waals surface area contributed by atoms with Crippen LogP contribution in [0.2, 0.25) is 5.02 Å². The SMILES string of the molecule is Fc1c(Cl)ccc(C=NNc2ccccc2)c1F. The Bertz CT molecular complexity index is 571. The molecule has 0 aliphatic carbocycles. The van der Waals surface area contributed by atoms with Gasteiger partial charge in [-0.05, 0) is 24.3 Å². The summed E-state index contributed by atoms with van der Waals surface area (Å²) < 4.78 is 26.6. The van der Waals surface area contributed by atoms with E-state index in [-0.39, 0.29) is 10.6 Å². The molecule has 0 atom stereocenters. The van der Waals surface area contributed by atoms with Crippen LogP contribution < -0.4 is 5.43 Å². The van der Waals surface area contributed by atoms with Crippen LogP contribution in [0.4, 0.5) is 14.5 Å². The monoisotopic (exact) mass is 266 g/mol. The minimum absolute atomic E-state index is 0.0281. The number of benzene rings is 2. The van der Waals surface area contributed by atoms with Crippen molar-refractivity contribution >= 4 is 23.5 Å². The van der Waals surface area contributed by atoms with Crippen LogP contribution in [-0.4, -0.2) is 6.21 Å². The molecule has 2 rings (SSSR count). The van der Waals surface area contributed by atoms with Crippen molar-refractivity contribution in [3.8, 4) is 0 Å². The fourth-order valence-electron chi connectivity index (χ4n) is 1.33. The number of nitrogens with zero attached hydrogens (tertiary/aromatic N) is 1. The van der Waals surface area contributed by atoms with Gasteiger partial charge in [-0.15, -0.1) is 0 Å². The summed E-state index contributed by atoms with van der Waals surface area (Å²) in [4.78, 5) is 0. The predicted octanol–water partition coefficient (Wildman–Crippen LogP) is 4.06. The van der Waals surface area contributed by atoms with Crippen molar-refractivity contribution < 1.29 is 8.78 Å². The summed E-state index contributed by atoms with van der Waals surface area (Å²) in [5.41, 5.74) is 3.48. The highest BCUT2D eigenvalue weighted by Crippen LogP contribution is 2.19. The Kier molecular flexibility index (Phi) is 3.89. The van der Waals surface area contributed by atoms with Crippen molar-refractivity contribution in [1.29, 1.82) is 0 Å². The molecule has 5 heteroatoms. The molecule has 1 N–H and O–H groups in total. The van der Waals surface area contributed by atoms with Crippen molar-refractivity contribution in [2.24, 2.45) is 5.10 Å². The smallest absolute Gasteiger partial charge is 0.178 e. The third-order valence-corrected chi connectivity index (χ3v) is 2.53. The largest absolute Gasteiger partial charge is 0.279 e. The Morgan fingerprint density at radius 1 is 1.00 bits per heavy atom. The van der Waals surface area contributed by atoms with Crippen LogP contribution in [0.25, 0.3) is 0 Å². The first-order valence-corrected chi connectivity index (χ1v) is 5.54. The van der Waals surface area contributed by atoms with Gasteiger partial charge in [-0.25, -0.2) is 8.78 Å². The highest BCUT2D eigenvalue weighted by atomic mass is 35.5. The molecule has 2 nitrogen and oxygen atoms in total. The van der Waals surface area contributed by atoms with E-state index in [1.807, 2.05) is 18.2 Å². The second-order valence-electron chi connectivity index (χ2n) is 3.50. The van der Waals surface area contributed by atoms with Gasteiger partial charge in [0.25, 0.3) is 0 Å². The molecule has 0 aliphatic heterocycles. The second-order valence-corrected chi connectivity index (χ2v) is 3.91. The second kappa shape index (κ2) is 5.60. The number of nitrogens with one attached hydrogen (secondary N) is 1. The first-order chi connectivity index (χ1) is 8.68. The Morgan fingerprint density at radius 2 is 1.72 bits per heavy atom. The van der Waals surface area contributed by atoms with Gasteiger partial charge in [-0.3, -0.25) is 5.43 Å². The summed E-state index contributed by atoms with van der Waals surface area (Å²) in [5, 5.41) is 3.57. The van der Waals surface area contributed by atoms with E-state index in [1.54, 1.807) is 12.1 Å². The molecule has 0 spiro atoms. The van der Waals surface area contributed by atoms with E-state index in [4.69, 9.17) is 11.6 Å². The number of hydrogen-bond acceptors (Lipinski definition) is 2. The van der Waals surface area contributed by atoms with Crippen LogP contribution >= 0.6 is 11.6 Å². The van der Waals surface area contributed by atoms with Gasteiger partial charge in [-0.2, -0.15) is 5.10 Å². The van der Waals surface area contributed by atoms with E-state index in [9.17, 15) is 8.78 Å². The number of anilines is 1. The number of hydrazone groups is 1. The summed E-state index contributed by atoms with van der Waals surface area (Å²) in [6, 6.07) is 11.8. The van der Waals surface area contributed by atoms with E-state index in [0.29, 0.717) is 0 Å². The minimum atomic E-state index is -1.07. The molecular formula is C13H9ClF2N2. The molecule has 0 unspecified atom stereocenters. The summed E-state index contributed by atoms with van der Waals surface area (Å²) >= 11 is 5.44. The lowest BCUT2D eigenvalue weighted by Crippen LogP contribution is -1.96. The van der Waals surface area contributed by atoms with Crippen molar-refractivity contribution in [1.82, 2.24) is 0 Å². The lowest BCUT2D eigenvalue weighted by Gasteiger charge is -2.01. The van der Waals surface area contributed by atoms with Crippen LogP contribution in [-0.2, 0) is 0 Å². The standard InChI is InChI=1S/C13H9ClF2N2/c14-11-7-6-9(12(15)13(11)16)8-17-18-10-4-2-1-3-5-10/h1-8,18H. The van der Waals surface area contributed by atoms with E-state index in [1.165, 1.54) is 18.3 Å². The predicted molar refractivity (Wildman–Crippen MR) is 69.0 cm³/mol.